The number of rotatable bonds is 2. The van der Waals surface area contributed by atoms with E-state index in [0.717, 1.165) is 29.6 Å². The third-order valence-electron chi connectivity index (χ3n) is 3.11. The summed E-state index contributed by atoms with van der Waals surface area (Å²) in [5.41, 5.74) is 6.66. The van der Waals surface area contributed by atoms with E-state index in [0.29, 0.717) is 17.1 Å². The molecule has 0 radical (unpaired) electrons. The molecule has 0 spiro atoms. The maximum atomic E-state index is 5.99. The molecule has 1 aliphatic rings. The highest BCUT2D eigenvalue weighted by Gasteiger charge is 2.26. The van der Waals surface area contributed by atoms with Crippen molar-refractivity contribution in [3.63, 3.8) is 0 Å². The van der Waals surface area contributed by atoms with E-state index in [-0.39, 0.29) is 12.4 Å². The molecular weight excluding hydrogens is 271 g/mol. The van der Waals surface area contributed by atoms with Crippen LogP contribution in [0.5, 0.6) is 0 Å². The van der Waals surface area contributed by atoms with E-state index in [1.165, 1.54) is 0 Å². The fourth-order valence-corrected chi connectivity index (χ4v) is 2.29. The van der Waals surface area contributed by atoms with Crippen molar-refractivity contribution < 1.29 is 0 Å². The van der Waals surface area contributed by atoms with Gasteiger partial charge in [0.2, 0.25) is 0 Å². The highest BCUT2D eigenvalue weighted by atomic mass is 35.5. The number of benzene rings is 1. The van der Waals surface area contributed by atoms with Crippen molar-refractivity contribution in [1.29, 1.82) is 0 Å². The van der Waals surface area contributed by atoms with Crippen LogP contribution in [0.3, 0.4) is 0 Å². The average Bonchev–Trinajstić information content (AvgIpc) is 2.28. The number of nitrogens with two attached hydrogens (primary N) is 1. The Kier molecular flexibility index (Phi) is 3.90. The SMILES string of the molecule is Cl.NC1CC(Nc2ncnc3ccc(Cl)cc23)C1. The largest absolute Gasteiger partial charge is 0.367 e. The number of hydrogen-bond donors (Lipinski definition) is 2. The van der Waals surface area contributed by atoms with E-state index in [4.69, 9.17) is 17.3 Å². The molecule has 1 heterocycles. The molecule has 1 fully saturated rings. The van der Waals surface area contributed by atoms with Crippen molar-refractivity contribution in [2.45, 2.75) is 24.9 Å². The molecule has 3 N–H and O–H groups in total. The summed E-state index contributed by atoms with van der Waals surface area (Å²) in [4.78, 5) is 8.49. The highest BCUT2D eigenvalue weighted by molar-refractivity contribution is 6.31. The molecule has 96 valence electrons. The zero-order chi connectivity index (χ0) is 11.8. The molecule has 0 atom stereocenters. The van der Waals surface area contributed by atoms with Gasteiger partial charge in [0, 0.05) is 22.5 Å². The Balaban J connectivity index is 0.00000120. The van der Waals surface area contributed by atoms with Gasteiger partial charge in [-0.1, -0.05) is 11.6 Å². The number of nitrogens with zero attached hydrogens (tertiary/aromatic N) is 2. The Morgan fingerprint density at radius 1 is 1.28 bits per heavy atom. The molecule has 2 aromatic rings. The van der Waals surface area contributed by atoms with Crippen LogP contribution in [0.15, 0.2) is 24.5 Å². The van der Waals surface area contributed by atoms with Gasteiger partial charge in [-0.15, -0.1) is 12.4 Å². The van der Waals surface area contributed by atoms with Crippen LogP contribution in [0, 0.1) is 0 Å². The van der Waals surface area contributed by atoms with Crippen LogP contribution in [-0.4, -0.2) is 22.1 Å². The maximum absolute atomic E-state index is 5.99. The predicted molar refractivity (Wildman–Crippen MR) is 76.4 cm³/mol. The molecule has 3 rings (SSSR count). The molecule has 0 unspecified atom stereocenters. The molecule has 18 heavy (non-hydrogen) atoms. The van der Waals surface area contributed by atoms with Gasteiger partial charge in [-0.2, -0.15) is 0 Å². The van der Waals surface area contributed by atoms with E-state index in [1.54, 1.807) is 6.33 Å². The standard InChI is InChI=1S/C12H13ClN4.ClH/c13-7-1-2-11-10(3-7)12(16-6-15-11)17-9-4-8(14)5-9;/h1-3,6,8-9H,4-5,14H2,(H,15,16,17);1H. The molecule has 0 saturated heterocycles. The number of aromatic nitrogens is 2. The van der Waals surface area contributed by atoms with Gasteiger partial charge >= 0.3 is 0 Å². The normalized spacial score (nSPS) is 22.1. The molecule has 4 nitrogen and oxygen atoms in total. The minimum atomic E-state index is 0. The number of fused-ring (bicyclic) bond motifs is 1. The van der Waals surface area contributed by atoms with E-state index in [9.17, 15) is 0 Å². The van der Waals surface area contributed by atoms with Crippen LogP contribution in [0.25, 0.3) is 10.9 Å². The first kappa shape index (κ1) is 13.3. The predicted octanol–water partition coefficient (Wildman–Crippen LogP) is 2.61. The van der Waals surface area contributed by atoms with Gasteiger partial charge in [0.25, 0.3) is 0 Å². The molecule has 1 aromatic carbocycles. The van der Waals surface area contributed by atoms with Gasteiger partial charge in [-0.3, -0.25) is 0 Å². The minimum absolute atomic E-state index is 0. The molecule has 0 amide bonds. The Morgan fingerprint density at radius 3 is 2.78 bits per heavy atom. The van der Waals surface area contributed by atoms with Gasteiger partial charge < -0.3 is 11.1 Å². The van der Waals surface area contributed by atoms with Crippen molar-refractivity contribution in [1.82, 2.24) is 9.97 Å². The van der Waals surface area contributed by atoms with Gasteiger partial charge in [-0.25, -0.2) is 9.97 Å². The molecule has 1 aliphatic carbocycles. The highest BCUT2D eigenvalue weighted by Crippen LogP contribution is 2.27. The first-order chi connectivity index (χ1) is 8.22. The summed E-state index contributed by atoms with van der Waals surface area (Å²) in [5, 5.41) is 5.04. The Labute approximate surface area is 116 Å². The molecule has 1 saturated carbocycles. The van der Waals surface area contributed by atoms with Crippen molar-refractivity contribution >= 4 is 40.7 Å². The summed E-state index contributed by atoms with van der Waals surface area (Å²) in [7, 11) is 0. The minimum Gasteiger partial charge on any atom is -0.367 e. The Bertz CT molecular complexity index is 555. The topological polar surface area (TPSA) is 63.8 Å². The lowest BCUT2D eigenvalue weighted by molar-refractivity contribution is 0.373. The van der Waals surface area contributed by atoms with Gasteiger partial charge in [-0.05, 0) is 31.0 Å². The molecule has 1 aromatic heterocycles. The van der Waals surface area contributed by atoms with Crippen LogP contribution < -0.4 is 11.1 Å². The number of nitrogens with one attached hydrogen (secondary N) is 1. The molecule has 0 aliphatic heterocycles. The third kappa shape index (κ3) is 2.51. The fraction of sp³-hybridized carbons (Fsp3) is 0.333. The third-order valence-corrected chi connectivity index (χ3v) is 3.35. The van der Waals surface area contributed by atoms with Gasteiger partial charge in [0.15, 0.2) is 0 Å². The summed E-state index contributed by atoms with van der Waals surface area (Å²) < 4.78 is 0. The molecular formula is C12H14Cl2N4. The smallest absolute Gasteiger partial charge is 0.137 e. The van der Waals surface area contributed by atoms with Crippen LogP contribution in [0.2, 0.25) is 5.02 Å². The van der Waals surface area contributed by atoms with Crippen molar-refractivity contribution in [2.24, 2.45) is 5.73 Å². The number of anilines is 1. The van der Waals surface area contributed by atoms with Crippen molar-refractivity contribution in [3.8, 4) is 0 Å². The van der Waals surface area contributed by atoms with Crippen LogP contribution in [0.1, 0.15) is 12.8 Å². The Morgan fingerprint density at radius 2 is 2.06 bits per heavy atom. The van der Waals surface area contributed by atoms with Gasteiger partial charge in [0.05, 0.1) is 5.52 Å². The monoisotopic (exact) mass is 284 g/mol. The quantitative estimate of drug-likeness (QED) is 0.890. The second-order valence-electron chi connectivity index (χ2n) is 4.46. The lowest BCUT2D eigenvalue weighted by atomic mass is 9.87. The summed E-state index contributed by atoms with van der Waals surface area (Å²) in [6, 6.07) is 6.36. The van der Waals surface area contributed by atoms with Crippen LogP contribution >= 0.6 is 24.0 Å². The second kappa shape index (κ2) is 5.26. The summed E-state index contributed by atoms with van der Waals surface area (Å²) in [5.74, 6) is 0.842. The number of halogens is 2. The fourth-order valence-electron chi connectivity index (χ4n) is 2.12. The first-order valence-electron chi connectivity index (χ1n) is 5.65. The molecule has 0 bridgehead atoms. The second-order valence-corrected chi connectivity index (χ2v) is 4.89. The van der Waals surface area contributed by atoms with Gasteiger partial charge in [0.1, 0.15) is 12.1 Å². The number of hydrogen-bond acceptors (Lipinski definition) is 4. The van der Waals surface area contributed by atoms with Crippen molar-refractivity contribution in [2.75, 3.05) is 5.32 Å². The lowest BCUT2D eigenvalue weighted by Crippen LogP contribution is -2.44. The van der Waals surface area contributed by atoms with E-state index >= 15 is 0 Å². The Hall–Kier alpha value is -1.10. The average molecular weight is 285 g/mol. The van der Waals surface area contributed by atoms with Crippen molar-refractivity contribution in [3.05, 3.63) is 29.5 Å². The van der Waals surface area contributed by atoms with E-state index < -0.39 is 0 Å². The van der Waals surface area contributed by atoms with Crippen LogP contribution in [0.4, 0.5) is 5.82 Å². The van der Waals surface area contributed by atoms with E-state index in [1.807, 2.05) is 18.2 Å². The maximum Gasteiger partial charge on any atom is 0.137 e. The lowest BCUT2D eigenvalue weighted by Gasteiger charge is -2.33. The summed E-state index contributed by atoms with van der Waals surface area (Å²) in [6.07, 6.45) is 3.55. The zero-order valence-electron chi connectivity index (χ0n) is 9.64. The van der Waals surface area contributed by atoms with E-state index in [2.05, 4.69) is 15.3 Å². The summed E-state index contributed by atoms with van der Waals surface area (Å²) in [6.45, 7) is 0. The summed E-state index contributed by atoms with van der Waals surface area (Å²) >= 11 is 5.99. The molecule has 6 heteroatoms. The van der Waals surface area contributed by atoms with Crippen LogP contribution in [-0.2, 0) is 0 Å². The first-order valence-corrected chi connectivity index (χ1v) is 6.02. The zero-order valence-corrected chi connectivity index (χ0v) is 11.2.